The van der Waals surface area contributed by atoms with Crippen LogP contribution in [0.25, 0.3) is 0 Å². The Morgan fingerprint density at radius 3 is 2.59 bits per heavy atom. The highest BCUT2D eigenvalue weighted by Crippen LogP contribution is 2.14. The Kier molecular flexibility index (Phi) is 4.59. The highest BCUT2D eigenvalue weighted by atomic mass is 19.1. The third-order valence-corrected chi connectivity index (χ3v) is 2.12. The van der Waals surface area contributed by atoms with E-state index in [2.05, 4.69) is 5.32 Å². The number of rotatable bonds is 6. The smallest absolute Gasteiger partial charge is 0.325 e. The van der Waals surface area contributed by atoms with Crippen LogP contribution in [-0.2, 0) is 9.59 Å². The van der Waals surface area contributed by atoms with E-state index in [9.17, 15) is 14.0 Å². The van der Waals surface area contributed by atoms with Crippen LogP contribution in [0, 0.1) is 5.82 Å². The van der Waals surface area contributed by atoms with Gasteiger partial charge in [0.05, 0.1) is 6.42 Å². The fraction of sp³-hybridized carbons (Fsp3) is 0.273. The van der Waals surface area contributed by atoms with E-state index in [1.54, 1.807) is 0 Å². The molecule has 5 nitrogen and oxygen atoms in total. The number of hydrogen-bond acceptors (Lipinski definition) is 3. The van der Waals surface area contributed by atoms with Crippen molar-refractivity contribution in [3.63, 3.8) is 0 Å². The molecular formula is C11H12FNO4. The van der Waals surface area contributed by atoms with Gasteiger partial charge in [0.15, 0.2) is 0 Å². The molecule has 92 valence electrons. The minimum Gasteiger partial charge on any atom is -0.481 e. The highest BCUT2D eigenvalue weighted by molar-refractivity contribution is 5.75. The van der Waals surface area contributed by atoms with E-state index < -0.39 is 23.8 Å². The van der Waals surface area contributed by atoms with E-state index in [4.69, 9.17) is 10.2 Å². The Hall–Kier alpha value is -1.95. The van der Waals surface area contributed by atoms with Crippen molar-refractivity contribution in [2.75, 3.05) is 6.54 Å². The van der Waals surface area contributed by atoms with Gasteiger partial charge in [-0.05, 0) is 17.7 Å². The highest BCUT2D eigenvalue weighted by Gasteiger charge is 2.19. The van der Waals surface area contributed by atoms with Gasteiger partial charge in [-0.25, -0.2) is 4.39 Å². The largest absolute Gasteiger partial charge is 0.481 e. The average molecular weight is 241 g/mol. The van der Waals surface area contributed by atoms with E-state index in [0.717, 1.165) is 6.07 Å². The van der Waals surface area contributed by atoms with Crippen LogP contribution >= 0.6 is 0 Å². The minimum atomic E-state index is -1.18. The van der Waals surface area contributed by atoms with Gasteiger partial charge in [0.1, 0.15) is 11.9 Å². The number of carboxylic acid groups (broad SMARTS) is 2. The third-order valence-electron chi connectivity index (χ3n) is 2.12. The summed E-state index contributed by atoms with van der Waals surface area (Å²) in [5.41, 5.74) is 0.253. The molecule has 0 bridgehead atoms. The summed E-state index contributed by atoms with van der Waals surface area (Å²) in [7, 11) is 0. The molecule has 0 aliphatic heterocycles. The number of benzene rings is 1. The van der Waals surface area contributed by atoms with Crippen LogP contribution in [0.2, 0.25) is 0 Å². The summed E-state index contributed by atoms with van der Waals surface area (Å²) in [6.07, 6.45) is -0.195. The lowest BCUT2D eigenvalue weighted by Crippen LogP contribution is -2.30. The lowest BCUT2D eigenvalue weighted by atomic mass is 10.1. The van der Waals surface area contributed by atoms with Crippen LogP contribution in [0.5, 0.6) is 0 Å². The summed E-state index contributed by atoms with van der Waals surface area (Å²) in [4.78, 5) is 21.2. The summed E-state index contributed by atoms with van der Waals surface area (Å²) in [6.45, 7) is 0.00279. The normalized spacial score (nSPS) is 12.1. The van der Waals surface area contributed by atoms with Gasteiger partial charge in [-0.1, -0.05) is 12.1 Å². The standard InChI is InChI=1S/C11H12FNO4/c12-8-3-1-2-7(6-8)10(11(16)17)13-5-4-9(14)15/h1-3,6,10,13H,4-5H2,(H,14,15)(H,16,17). The lowest BCUT2D eigenvalue weighted by molar-refractivity contribution is -0.141. The zero-order chi connectivity index (χ0) is 12.8. The molecule has 0 heterocycles. The van der Waals surface area contributed by atoms with Crippen molar-refractivity contribution >= 4 is 11.9 Å². The van der Waals surface area contributed by atoms with E-state index in [1.165, 1.54) is 18.2 Å². The van der Waals surface area contributed by atoms with Crippen molar-refractivity contribution in [3.05, 3.63) is 35.6 Å². The number of hydrogen-bond donors (Lipinski definition) is 3. The molecule has 0 spiro atoms. The number of halogens is 1. The fourth-order valence-electron chi connectivity index (χ4n) is 1.36. The van der Waals surface area contributed by atoms with E-state index in [0.29, 0.717) is 0 Å². The minimum absolute atomic E-state index is 0.00279. The average Bonchev–Trinajstić information content (AvgIpc) is 2.23. The maximum atomic E-state index is 12.9. The van der Waals surface area contributed by atoms with Gasteiger partial charge >= 0.3 is 11.9 Å². The Morgan fingerprint density at radius 1 is 1.35 bits per heavy atom. The van der Waals surface area contributed by atoms with E-state index >= 15 is 0 Å². The Labute approximate surface area is 96.9 Å². The van der Waals surface area contributed by atoms with Gasteiger partial charge in [0.25, 0.3) is 0 Å². The van der Waals surface area contributed by atoms with Crippen molar-refractivity contribution in [1.82, 2.24) is 5.32 Å². The number of nitrogens with one attached hydrogen (secondary N) is 1. The first kappa shape index (κ1) is 13.1. The molecule has 0 aliphatic rings. The first-order valence-electron chi connectivity index (χ1n) is 4.94. The molecule has 0 amide bonds. The maximum absolute atomic E-state index is 12.9. The van der Waals surface area contributed by atoms with E-state index in [1.807, 2.05) is 0 Å². The molecule has 3 N–H and O–H groups in total. The molecule has 0 saturated heterocycles. The van der Waals surface area contributed by atoms with Crippen LogP contribution in [0.15, 0.2) is 24.3 Å². The molecule has 1 aromatic carbocycles. The van der Waals surface area contributed by atoms with Gasteiger partial charge in [0.2, 0.25) is 0 Å². The molecule has 0 saturated carbocycles. The SMILES string of the molecule is O=C(O)CCNC(C(=O)O)c1cccc(F)c1. The monoisotopic (exact) mass is 241 g/mol. The summed E-state index contributed by atoms with van der Waals surface area (Å²) in [5.74, 6) is -2.74. The van der Waals surface area contributed by atoms with Gasteiger partial charge < -0.3 is 15.5 Å². The first-order valence-corrected chi connectivity index (χ1v) is 4.94. The van der Waals surface area contributed by atoms with Crippen LogP contribution in [0.4, 0.5) is 4.39 Å². The van der Waals surface area contributed by atoms with Crippen molar-refractivity contribution in [1.29, 1.82) is 0 Å². The predicted octanol–water partition coefficient (Wildman–Crippen LogP) is 1.02. The van der Waals surface area contributed by atoms with E-state index in [-0.39, 0.29) is 18.5 Å². The summed E-state index contributed by atoms with van der Waals surface area (Å²) >= 11 is 0. The molecular weight excluding hydrogens is 229 g/mol. The molecule has 0 aromatic heterocycles. The van der Waals surface area contributed by atoms with Gasteiger partial charge in [0, 0.05) is 6.54 Å². The number of carbonyl (C=O) groups is 2. The second-order valence-electron chi connectivity index (χ2n) is 3.42. The third kappa shape index (κ3) is 4.20. The lowest BCUT2D eigenvalue weighted by Gasteiger charge is -2.14. The molecule has 0 radical (unpaired) electrons. The molecule has 17 heavy (non-hydrogen) atoms. The number of aliphatic carboxylic acids is 2. The van der Waals surface area contributed by atoms with Crippen molar-refractivity contribution in [3.8, 4) is 0 Å². The van der Waals surface area contributed by atoms with Crippen LogP contribution < -0.4 is 5.32 Å². The molecule has 0 aliphatic carbocycles. The van der Waals surface area contributed by atoms with Gasteiger partial charge in [-0.3, -0.25) is 9.59 Å². The van der Waals surface area contributed by atoms with Crippen molar-refractivity contribution < 1.29 is 24.2 Å². The molecule has 1 unspecified atom stereocenters. The van der Waals surface area contributed by atoms with Crippen molar-refractivity contribution in [2.24, 2.45) is 0 Å². The molecule has 1 aromatic rings. The van der Waals surface area contributed by atoms with Crippen LogP contribution in [0.3, 0.4) is 0 Å². The summed E-state index contributed by atoms with van der Waals surface area (Å²) in [5, 5.41) is 19.9. The molecule has 6 heteroatoms. The van der Waals surface area contributed by atoms with Gasteiger partial charge in [-0.2, -0.15) is 0 Å². The zero-order valence-corrected chi connectivity index (χ0v) is 8.89. The molecule has 1 atom stereocenters. The quantitative estimate of drug-likeness (QED) is 0.692. The van der Waals surface area contributed by atoms with Crippen molar-refractivity contribution in [2.45, 2.75) is 12.5 Å². The predicted molar refractivity (Wildman–Crippen MR) is 57.0 cm³/mol. The van der Waals surface area contributed by atoms with Crippen LogP contribution in [-0.4, -0.2) is 28.7 Å². The molecule has 0 fully saturated rings. The topological polar surface area (TPSA) is 86.6 Å². The fourth-order valence-corrected chi connectivity index (χ4v) is 1.36. The van der Waals surface area contributed by atoms with Gasteiger partial charge in [-0.15, -0.1) is 0 Å². The Balaban J connectivity index is 2.72. The van der Waals surface area contributed by atoms with Crippen LogP contribution in [0.1, 0.15) is 18.0 Å². The Morgan fingerprint density at radius 2 is 2.06 bits per heavy atom. The number of carboxylic acids is 2. The summed E-state index contributed by atoms with van der Waals surface area (Å²) < 4.78 is 12.9. The summed E-state index contributed by atoms with van der Waals surface area (Å²) in [6, 6.07) is 4.08. The Bertz CT molecular complexity index is 422. The maximum Gasteiger partial charge on any atom is 0.325 e. The second-order valence-corrected chi connectivity index (χ2v) is 3.42. The second kappa shape index (κ2) is 5.95. The zero-order valence-electron chi connectivity index (χ0n) is 8.89. The first-order chi connectivity index (χ1) is 8.00. The molecule has 1 rings (SSSR count).